The van der Waals surface area contributed by atoms with Crippen molar-refractivity contribution in [2.75, 3.05) is 19.6 Å². The molecule has 2 aromatic rings. The van der Waals surface area contributed by atoms with Gasteiger partial charge in [0.05, 0.1) is 5.02 Å². The second-order valence-corrected chi connectivity index (χ2v) is 6.24. The summed E-state index contributed by atoms with van der Waals surface area (Å²) < 4.78 is 5.72. The van der Waals surface area contributed by atoms with Crippen molar-refractivity contribution < 1.29 is 9.53 Å². The van der Waals surface area contributed by atoms with Gasteiger partial charge < -0.3 is 9.64 Å². The Morgan fingerprint density at radius 3 is 2.29 bits per heavy atom. The van der Waals surface area contributed by atoms with Gasteiger partial charge in [-0.15, -0.1) is 0 Å². The normalized spacial score (nSPS) is 10.9. The van der Waals surface area contributed by atoms with Gasteiger partial charge in [-0.1, -0.05) is 37.0 Å². The summed E-state index contributed by atoms with van der Waals surface area (Å²) in [4.78, 5) is 14.5. The lowest BCUT2D eigenvalue weighted by molar-refractivity contribution is 0.0966. The van der Waals surface area contributed by atoms with Crippen LogP contribution in [0.2, 0.25) is 10.0 Å². The number of Topliss-reactive ketones (excluding diaryl/α,β-unsaturated/α-hetero) is 1. The van der Waals surface area contributed by atoms with Crippen molar-refractivity contribution in [2.24, 2.45) is 0 Å². The highest BCUT2D eigenvalue weighted by Crippen LogP contribution is 2.31. The molecule has 0 N–H and O–H groups in total. The molecule has 0 unspecified atom stereocenters. The Balaban J connectivity index is 1.98. The molecular weight excluding hydrogens is 345 g/mol. The fourth-order valence-electron chi connectivity index (χ4n) is 2.34. The van der Waals surface area contributed by atoms with E-state index in [4.69, 9.17) is 27.9 Å². The second kappa shape index (κ2) is 9.07. The first-order valence-electron chi connectivity index (χ1n) is 8.02. The van der Waals surface area contributed by atoms with Crippen molar-refractivity contribution in [3.05, 3.63) is 58.1 Å². The molecule has 3 nitrogen and oxygen atoms in total. The molecule has 0 bridgehead atoms. The monoisotopic (exact) mass is 365 g/mol. The first kappa shape index (κ1) is 18.8. The van der Waals surface area contributed by atoms with E-state index in [9.17, 15) is 4.79 Å². The lowest BCUT2D eigenvalue weighted by Crippen LogP contribution is -2.25. The fourth-order valence-corrected chi connectivity index (χ4v) is 2.78. The molecule has 2 aromatic carbocycles. The Hall–Kier alpha value is -1.55. The molecule has 0 fully saturated rings. The Kier molecular flexibility index (Phi) is 7.10. The summed E-state index contributed by atoms with van der Waals surface area (Å²) in [5.41, 5.74) is 0.691. The zero-order valence-electron chi connectivity index (χ0n) is 13.9. The molecule has 0 radical (unpaired) electrons. The highest BCUT2D eigenvalue weighted by molar-refractivity contribution is 6.35. The predicted octanol–water partition coefficient (Wildman–Crippen LogP) is 5.70. The molecule has 0 heterocycles. The number of ether oxygens (including phenoxy) is 1. The summed E-state index contributed by atoms with van der Waals surface area (Å²) in [6.07, 6.45) is 0.519. The summed E-state index contributed by atoms with van der Waals surface area (Å²) in [5, 5.41) is 1.00. The Labute approximate surface area is 153 Å². The van der Waals surface area contributed by atoms with Gasteiger partial charge in [0, 0.05) is 23.6 Å². The molecule has 0 aliphatic heterocycles. The van der Waals surface area contributed by atoms with Gasteiger partial charge in [0.25, 0.3) is 0 Å². The van der Waals surface area contributed by atoms with Crippen molar-refractivity contribution in [2.45, 2.75) is 20.3 Å². The second-order valence-electron chi connectivity index (χ2n) is 5.40. The van der Waals surface area contributed by atoms with Crippen LogP contribution in [0, 0.1) is 0 Å². The van der Waals surface area contributed by atoms with E-state index in [0.29, 0.717) is 33.5 Å². The van der Waals surface area contributed by atoms with Crippen molar-refractivity contribution in [3.63, 3.8) is 0 Å². The molecule has 128 valence electrons. The number of carbonyl (C=O) groups excluding carboxylic acids is 1. The van der Waals surface area contributed by atoms with Crippen LogP contribution in [0.1, 0.15) is 30.6 Å². The molecule has 0 aliphatic rings. The molecule has 0 spiro atoms. The first-order valence-corrected chi connectivity index (χ1v) is 8.77. The lowest BCUT2D eigenvalue weighted by atomic mass is 10.1. The highest BCUT2D eigenvalue weighted by atomic mass is 35.5. The van der Waals surface area contributed by atoms with Crippen LogP contribution in [0.3, 0.4) is 0 Å². The van der Waals surface area contributed by atoms with Crippen LogP contribution in [-0.4, -0.2) is 30.3 Å². The van der Waals surface area contributed by atoms with Gasteiger partial charge in [-0.3, -0.25) is 4.79 Å². The number of hydrogen-bond acceptors (Lipinski definition) is 3. The predicted molar refractivity (Wildman–Crippen MR) is 99.7 cm³/mol. The molecule has 2 rings (SSSR count). The Bertz CT molecular complexity index is 682. The van der Waals surface area contributed by atoms with Crippen LogP contribution < -0.4 is 4.74 Å². The van der Waals surface area contributed by atoms with E-state index in [1.54, 1.807) is 42.5 Å². The average molecular weight is 366 g/mol. The maximum atomic E-state index is 12.2. The Morgan fingerprint density at radius 1 is 1.04 bits per heavy atom. The van der Waals surface area contributed by atoms with E-state index in [0.717, 1.165) is 19.6 Å². The molecule has 24 heavy (non-hydrogen) atoms. The van der Waals surface area contributed by atoms with Gasteiger partial charge in [-0.05, 0) is 55.6 Å². The van der Waals surface area contributed by atoms with Gasteiger partial charge in [0.1, 0.15) is 11.5 Å². The lowest BCUT2D eigenvalue weighted by Gasteiger charge is -2.17. The summed E-state index contributed by atoms with van der Waals surface area (Å²) >= 11 is 12.0. The van der Waals surface area contributed by atoms with Crippen LogP contribution in [0.4, 0.5) is 0 Å². The largest absolute Gasteiger partial charge is 0.456 e. The summed E-state index contributed by atoms with van der Waals surface area (Å²) in [6.45, 7) is 6.89. The van der Waals surface area contributed by atoms with E-state index < -0.39 is 0 Å². The first-order chi connectivity index (χ1) is 11.5. The third-order valence-corrected chi connectivity index (χ3v) is 4.38. The van der Waals surface area contributed by atoms with E-state index in [1.165, 1.54) is 0 Å². The van der Waals surface area contributed by atoms with Crippen LogP contribution in [0.15, 0.2) is 42.5 Å². The van der Waals surface area contributed by atoms with Gasteiger partial charge in [0.2, 0.25) is 0 Å². The molecule has 0 saturated heterocycles. The SMILES string of the molecule is CCN(CC)CCC(=O)c1ccc(Oc2ccc(Cl)cc2Cl)cc1. The van der Waals surface area contributed by atoms with Crippen LogP contribution in [-0.2, 0) is 0 Å². The van der Waals surface area contributed by atoms with Crippen molar-refractivity contribution >= 4 is 29.0 Å². The van der Waals surface area contributed by atoms with Crippen LogP contribution >= 0.6 is 23.2 Å². The minimum atomic E-state index is 0.137. The minimum absolute atomic E-state index is 0.137. The molecule has 5 heteroatoms. The third kappa shape index (κ3) is 5.23. The van der Waals surface area contributed by atoms with Gasteiger partial charge >= 0.3 is 0 Å². The van der Waals surface area contributed by atoms with E-state index in [2.05, 4.69) is 18.7 Å². The smallest absolute Gasteiger partial charge is 0.164 e. The molecule has 0 atom stereocenters. The number of benzene rings is 2. The summed E-state index contributed by atoms with van der Waals surface area (Å²) in [6, 6.07) is 12.2. The molecule has 0 amide bonds. The van der Waals surface area contributed by atoms with Gasteiger partial charge in [-0.2, -0.15) is 0 Å². The zero-order chi connectivity index (χ0) is 17.5. The van der Waals surface area contributed by atoms with Gasteiger partial charge in [-0.25, -0.2) is 0 Å². The van der Waals surface area contributed by atoms with Crippen molar-refractivity contribution in [1.82, 2.24) is 4.90 Å². The maximum Gasteiger partial charge on any atom is 0.164 e. The molecule has 0 aliphatic carbocycles. The number of carbonyl (C=O) groups is 1. The number of rotatable bonds is 8. The number of hydrogen-bond donors (Lipinski definition) is 0. The van der Waals surface area contributed by atoms with E-state index in [-0.39, 0.29) is 5.78 Å². The van der Waals surface area contributed by atoms with E-state index >= 15 is 0 Å². The zero-order valence-corrected chi connectivity index (χ0v) is 15.4. The van der Waals surface area contributed by atoms with E-state index in [1.807, 2.05) is 0 Å². The fraction of sp³-hybridized carbons (Fsp3) is 0.316. The highest BCUT2D eigenvalue weighted by Gasteiger charge is 2.09. The minimum Gasteiger partial charge on any atom is -0.456 e. The number of nitrogens with zero attached hydrogens (tertiary/aromatic N) is 1. The average Bonchev–Trinajstić information content (AvgIpc) is 2.59. The number of ketones is 1. The standard InChI is InChI=1S/C19H21Cl2NO2/c1-3-22(4-2)12-11-18(23)14-5-8-16(9-6-14)24-19-10-7-15(20)13-17(19)21/h5-10,13H,3-4,11-12H2,1-2H3. The summed E-state index contributed by atoms with van der Waals surface area (Å²) in [5.74, 6) is 1.29. The molecular formula is C19H21Cl2NO2. The molecule has 0 aromatic heterocycles. The van der Waals surface area contributed by atoms with Crippen LogP contribution in [0.25, 0.3) is 0 Å². The van der Waals surface area contributed by atoms with Crippen molar-refractivity contribution in [1.29, 1.82) is 0 Å². The topological polar surface area (TPSA) is 29.5 Å². The maximum absolute atomic E-state index is 12.2. The molecule has 0 saturated carbocycles. The van der Waals surface area contributed by atoms with Crippen LogP contribution in [0.5, 0.6) is 11.5 Å². The van der Waals surface area contributed by atoms with Gasteiger partial charge in [0.15, 0.2) is 5.78 Å². The third-order valence-electron chi connectivity index (χ3n) is 3.85. The quantitative estimate of drug-likeness (QED) is 0.561. The van der Waals surface area contributed by atoms with Crippen molar-refractivity contribution in [3.8, 4) is 11.5 Å². The summed E-state index contributed by atoms with van der Waals surface area (Å²) in [7, 11) is 0. The number of halogens is 2. The Morgan fingerprint density at radius 2 is 1.71 bits per heavy atom.